The summed E-state index contributed by atoms with van der Waals surface area (Å²) in [6, 6.07) is 18.7. The molecule has 0 aliphatic heterocycles. The van der Waals surface area contributed by atoms with Crippen LogP contribution in [-0.4, -0.2) is 38.6 Å². The van der Waals surface area contributed by atoms with Gasteiger partial charge in [-0.05, 0) is 41.1 Å². The van der Waals surface area contributed by atoms with Gasteiger partial charge in [-0.2, -0.15) is 5.21 Å². The number of nitrogens with zero attached hydrogens (tertiary/aromatic N) is 4. The maximum atomic E-state index is 12.6. The summed E-state index contributed by atoms with van der Waals surface area (Å²) in [6.45, 7) is 0. The number of pyridine rings is 1. The largest absolute Gasteiger partial charge is 0.496 e. The van der Waals surface area contributed by atoms with E-state index in [1.807, 2.05) is 48.5 Å². The number of anilines is 1. The van der Waals surface area contributed by atoms with Crippen LogP contribution in [0, 0.1) is 0 Å². The lowest BCUT2D eigenvalue weighted by Crippen LogP contribution is -2.12. The van der Waals surface area contributed by atoms with Crippen molar-refractivity contribution in [3.8, 4) is 28.4 Å². The number of H-pyrrole nitrogens is 1. The summed E-state index contributed by atoms with van der Waals surface area (Å²) >= 11 is 0. The monoisotopic (exact) mass is 372 g/mol. The molecule has 0 unspecified atom stereocenters. The lowest BCUT2D eigenvalue weighted by Gasteiger charge is -2.11. The Kier molecular flexibility index (Phi) is 4.75. The average Bonchev–Trinajstić information content (AvgIpc) is 3.29. The predicted molar refractivity (Wildman–Crippen MR) is 104 cm³/mol. The molecule has 4 rings (SSSR count). The molecule has 138 valence electrons. The first-order valence-corrected chi connectivity index (χ1v) is 8.49. The van der Waals surface area contributed by atoms with Crippen LogP contribution < -0.4 is 10.1 Å². The first-order chi connectivity index (χ1) is 13.7. The third-order valence-electron chi connectivity index (χ3n) is 4.14. The van der Waals surface area contributed by atoms with Gasteiger partial charge in [0.15, 0.2) is 0 Å². The topological polar surface area (TPSA) is 106 Å². The van der Waals surface area contributed by atoms with Gasteiger partial charge in [0.25, 0.3) is 5.91 Å². The minimum atomic E-state index is -0.260. The van der Waals surface area contributed by atoms with Crippen LogP contribution in [0.3, 0.4) is 0 Å². The van der Waals surface area contributed by atoms with E-state index in [-0.39, 0.29) is 5.91 Å². The number of methoxy groups -OCH3 is 1. The number of carbonyl (C=O) groups is 1. The summed E-state index contributed by atoms with van der Waals surface area (Å²) in [7, 11) is 1.63. The molecule has 4 aromatic rings. The summed E-state index contributed by atoms with van der Waals surface area (Å²) in [5, 5.41) is 16.5. The molecule has 0 atom stereocenters. The second kappa shape index (κ2) is 7.67. The maximum Gasteiger partial charge on any atom is 0.257 e. The number of ether oxygens (including phenoxy) is 1. The van der Waals surface area contributed by atoms with Gasteiger partial charge in [-0.1, -0.05) is 30.3 Å². The van der Waals surface area contributed by atoms with Crippen LogP contribution in [0.4, 0.5) is 5.69 Å². The molecular formula is C20H16N6O2. The number of tetrazole rings is 1. The fourth-order valence-electron chi connectivity index (χ4n) is 2.78. The molecule has 0 fully saturated rings. The van der Waals surface area contributed by atoms with Gasteiger partial charge < -0.3 is 10.1 Å². The Hall–Kier alpha value is -4.07. The standard InChI is InChI=1S/C20H16N6O2/c1-28-18-8-3-2-7-16(18)13-5-4-6-15(11-13)22-20(27)14-9-10-17(21-12-14)19-23-25-26-24-19/h2-12H,1H3,(H,22,27)(H,23,24,25,26). The van der Waals surface area contributed by atoms with E-state index in [4.69, 9.17) is 4.74 Å². The normalized spacial score (nSPS) is 10.5. The van der Waals surface area contributed by atoms with Crippen LogP contribution in [-0.2, 0) is 0 Å². The van der Waals surface area contributed by atoms with Crippen molar-refractivity contribution in [3.63, 3.8) is 0 Å². The first-order valence-electron chi connectivity index (χ1n) is 8.49. The van der Waals surface area contributed by atoms with Crippen molar-refractivity contribution in [1.82, 2.24) is 25.6 Å². The predicted octanol–water partition coefficient (Wildman–Crippen LogP) is 3.19. The lowest BCUT2D eigenvalue weighted by molar-refractivity contribution is 0.102. The first kappa shape index (κ1) is 17.3. The summed E-state index contributed by atoms with van der Waals surface area (Å²) in [5.41, 5.74) is 3.53. The van der Waals surface area contributed by atoms with Gasteiger partial charge in [0.1, 0.15) is 11.4 Å². The highest BCUT2D eigenvalue weighted by Crippen LogP contribution is 2.31. The maximum absolute atomic E-state index is 12.6. The molecule has 2 aromatic heterocycles. The Bertz CT molecular complexity index is 1090. The number of para-hydroxylation sites is 1. The van der Waals surface area contributed by atoms with E-state index in [1.54, 1.807) is 19.2 Å². The molecule has 0 aliphatic carbocycles. The molecule has 8 nitrogen and oxygen atoms in total. The van der Waals surface area contributed by atoms with Crippen LogP contribution in [0.15, 0.2) is 66.9 Å². The van der Waals surface area contributed by atoms with Crippen LogP contribution >= 0.6 is 0 Å². The van der Waals surface area contributed by atoms with E-state index < -0.39 is 0 Å². The smallest absolute Gasteiger partial charge is 0.257 e. The third-order valence-corrected chi connectivity index (χ3v) is 4.14. The van der Waals surface area contributed by atoms with Crippen molar-refractivity contribution in [3.05, 3.63) is 72.4 Å². The highest BCUT2D eigenvalue weighted by Gasteiger charge is 2.11. The number of carbonyl (C=O) groups excluding carboxylic acids is 1. The van der Waals surface area contributed by atoms with Crippen molar-refractivity contribution < 1.29 is 9.53 Å². The van der Waals surface area contributed by atoms with E-state index >= 15 is 0 Å². The quantitative estimate of drug-likeness (QED) is 0.557. The zero-order chi connectivity index (χ0) is 19.3. The van der Waals surface area contributed by atoms with E-state index in [9.17, 15) is 4.79 Å². The van der Waals surface area contributed by atoms with Gasteiger partial charge in [0, 0.05) is 17.4 Å². The molecular weight excluding hydrogens is 356 g/mol. The molecule has 28 heavy (non-hydrogen) atoms. The number of aromatic nitrogens is 5. The van der Waals surface area contributed by atoms with Crippen LogP contribution in [0.25, 0.3) is 22.6 Å². The van der Waals surface area contributed by atoms with Gasteiger partial charge >= 0.3 is 0 Å². The zero-order valence-corrected chi connectivity index (χ0v) is 15.0. The van der Waals surface area contributed by atoms with Gasteiger partial charge in [-0.15, -0.1) is 10.2 Å². The Balaban J connectivity index is 1.54. The SMILES string of the molecule is COc1ccccc1-c1cccc(NC(=O)c2ccc(-c3nn[nH]n3)nc2)c1. The van der Waals surface area contributed by atoms with Gasteiger partial charge in [0.05, 0.1) is 12.7 Å². The molecule has 8 heteroatoms. The van der Waals surface area contributed by atoms with E-state index in [0.717, 1.165) is 16.9 Å². The fourth-order valence-corrected chi connectivity index (χ4v) is 2.78. The molecule has 0 bridgehead atoms. The number of benzene rings is 2. The Morgan fingerprint density at radius 3 is 2.71 bits per heavy atom. The van der Waals surface area contributed by atoms with E-state index in [1.165, 1.54) is 6.20 Å². The van der Waals surface area contributed by atoms with Crippen molar-refractivity contribution in [2.75, 3.05) is 12.4 Å². The summed E-state index contributed by atoms with van der Waals surface area (Å²) < 4.78 is 5.42. The van der Waals surface area contributed by atoms with Crippen molar-refractivity contribution in [2.45, 2.75) is 0 Å². The number of hydrogen-bond acceptors (Lipinski definition) is 6. The minimum absolute atomic E-state index is 0.260. The van der Waals surface area contributed by atoms with Crippen LogP contribution in [0.1, 0.15) is 10.4 Å². The molecule has 0 spiro atoms. The van der Waals surface area contributed by atoms with Crippen molar-refractivity contribution in [1.29, 1.82) is 0 Å². The second-order valence-electron chi connectivity index (χ2n) is 5.90. The third kappa shape index (κ3) is 3.56. The fraction of sp³-hybridized carbons (Fsp3) is 0.0500. The van der Waals surface area contributed by atoms with E-state index in [2.05, 4.69) is 30.9 Å². The number of rotatable bonds is 5. The molecule has 0 radical (unpaired) electrons. The molecule has 2 aromatic carbocycles. The molecule has 0 saturated heterocycles. The molecule has 2 N–H and O–H groups in total. The lowest BCUT2D eigenvalue weighted by atomic mass is 10.0. The Morgan fingerprint density at radius 1 is 1.07 bits per heavy atom. The number of nitrogens with one attached hydrogen (secondary N) is 2. The molecule has 0 saturated carbocycles. The molecule has 2 heterocycles. The highest BCUT2D eigenvalue weighted by atomic mass is 16.5. The Morgan fingerprint density at radius 2 is 1.96 bits per heavy atom. The highest BCUT2D eigenvalue weighted by molar-refractivity contribution is 6.04. The van der Waals surface area contributed by atoms with Crippen LogP contribution in [0.5, 0.6) is 5.75 Å². The number of aromatic amines is 1. The van der Waals surface area contributed by atoms with Gasteiger partial charge in [-0.3, -0.25) is 9.78 Å². The van der Waals surface area contributed by atoms with E-state index in [0.29, 0.717) is 22.8 Å². The van der Waals surface area contributed by atoms with Gasteiger partial charge in [0.2, 0.25) is 5.82 Å². The summed E-state index contributed by atoms with van der Waals surface area (Å²) in [5.74, 6) is 0.882. The van der Waals surface area contributed by atoms with Crippen molar-refractivity contribution >= 4 is 11.6 Å². The minimum Gasteiger partial charge on any atom is -0.496 e. The average molecular weight is 372 g/mol. The van der Waals surface area contributed by atoms with Crippen LogP contribution in [0.2, 0.25) is 0 Å². The molecule has 0 aliphatic rings. The zero-order valence-electron chi connectivity index (χ0n) is 15.0. The second-order valence-corrected chi connectivity index (χ2v) is 5.90. The number of amides is 1. The summed E-state index contributed by atoms with van der Waals surface area (Å²) in [4.78, 5) is 16.8. The number of hydrogen-bond donors (Lipinski definition) is 2. The van der Waals surface area contributed by atoms with Gasteiger partial charge in [-0.25, -0.2) is 0 Å². The Labute approximate surface area is 160 Å². The summed E-state index contributed by atoms with van der Waals surface area (Å²) in [6.07, 6.45) is 1.48. The van der Waals surface area contributed by atoms with Crippen molar-refractivity contribution in [2.24, 2.45) is 0 Å². The molecule has 1 amide bonds.